The minimum absolute atomic E-state index is 0.151. The second kappa shape index (κ2) is 5.22. The van der Waals surface area contributed by atoms with Crippen molar-refractivity contribution in [1.29, 1.82) is 0 Å². The van der Waals surface area contributed by atoms with Gasteiger partial charge in [0.2, 0.25) is 17.5 Å². The van der Waals surface area contributed by atoms with E-state index in [1.165, 1.54) is 0 Å². The first-order valence-corrected chi connectivity index (χ1v) is 5.22. The lowest BCUT2D eigenvalue weighted by molar-refractivity contribution is -0.117. The summed E-state index contributed by atoms with van der Waals surface area (Å²) in [6.45, 7) is 0. The zero-order chi connectivity index (χ0) is 13.0. The van der Waals surface area contributed by atoms with Gasteiger partial charge in [0.05, 0.1) is 0 Å². The Hall–Kier alpha value is -2.50. The number of hydrogen-bond donors (Lipinski definition) is 1. The molecule has 0 aliphatic rings. The smallest absolute Gasteiger partial charge is 0.294 e. The molecule has 2 N–H and O–H groups in total. The van der Waals surface area contributed by atoms with E-state index in [2.05, 4.69) is 10.1 Å². The largest absolute Gasteiger partial charge is 0.370 e. The van der Waals surface area contributed by atoms with Crippen molar-refractivity contribution in [3.63, 3.8) is 0 Å². The van der Waals surface area contributed by atoms with Crippen LogP contribution in [0.4, 0.5) is 0 Å². The van der Waals surface area contributed by atoms with Gasteiger partial charge in [-0.3, -0.25) is 9.59 Å². The summed E-state index contributed by atoms with van der Waals surface area (Å²) in [5.74, 6) is -0.934. The highest BCUT2D eigenvalue weighted by molar-refractivity contribution is 6.01. The van der Waals surface area contributed by atoms with Crippen molar-refractivity contribution >= 4 is 11.7 Å². The first-order chi connectivity index (χ1) is 8.66. The molecule has 0 bridgehead atoms. The lowest BCUT2D eigenvalue weighted by Gasteiger charge is -1.91. The highest BCUT2D eigenvalue weighted by atomic mass is 16.5. The van der Waals surface area contributed by atoms with Crippen LogP contribution in [0.25, 0.3) is 11.4 Å². The minimum Gasteiger partial charge on any atom is -0.370 e. The number of ketones is 1. The zero-order valence-electron chi connectivity index (χ0n) is 9.37. The summed E-state index contributed by atoms with van der Waals surface area (Å²) >= 11 is 0. The van der Waals surface area contributed by atoms with E-state index in [1.54, 1.807) is 12.1 Å². The van der Waals surface area contributed by atoms with Gasteiger partial charge in [0, 0.05) is 18.4 Å². The Balaban J connectivity index is 2.11. The van der Waals surface area contributed by atoms with Crippen LogP contribution in [0.15, 0.2) is 34.9 Å². The molecule has 1 aromatic heterocycles. The SMILES string of the molecule is NC(=O)C[CH]C(=O)c1nc(-c2ccccc2)no1. The van der Waals surface area contributed by atoms with Gasteiger partial charge >= 0.3 is 0 Å². The van der Waals surface area contributed by atoms with Crippen molar-refractivity contribution < 1.29 is 14.1 Å². The van der Waals surface area contributed by atoms with Crippen molar-refractivity contribution in [2.24, 2.45) is 5.73 Å². The molecule has 0 fully saturated rings. The summed E-state index contributed by atoms with van der Waals surface area (Å²) < 4.78 is 4.82. The Labute approximate surface area is 103 Å². The number of rotatable bonds is 5. The van der Waals surface area contributed by atoms with Crippen molar-refractivity contribution in [2.75, 3.05) is 0 Å². The number of carbonyl (C=O) groups is 2. The molecule has 1 aromatic carbocycles. The van der Waals surface area contributed by atoms with E-state index in [1.807, 2.05) is 18.2 Å². The molecule has 6 heteroatoms. The monoisotopic (exact) mass is 244 g/mol. The number of hydrogen-bond acceptors (Lipinski definition) is 5. The molecule has 1 amide bonds. The third-order valence-electron chi connectivity index (χ3n) is 2.16. The van der Waals surface area contributed by atoms with Gasteiger partial charge in [0.25, 0.3) is 5.89 Å². The molecule has 0 unspecified atom stereocenters. The molecule has 0 atom stereocenters. The third kappa shape index (κ3) is 2.79. The van der Waals surface area contributed by atoms with Crippen LogP contribution in [-0.2, 0) is 4.79 Å². The van der Waals surface area contributed by atoms with Gasteiger partial charge in [-0.2, -0.15) is 4.98 Å². The number of primary amides is 1. The van der Waals surface area contributed by atoms with E-state index in [9.17, 15) is 9.59 Å². The molecule has 2 aromatic rings. The predicted octanol–water partition coefficient (Wildman–Crippen LogP) is 0.999. The molecule has 18 heavy (non-hydrogen) atoms. The Bertz CT molecular complexity index is 563. The Morgan fingerprint density at radius 3 is 2.67 bits per heavy atom. The summed E-state index contributed by atoms with van der Waals surface area (Å²) in [5, 5.41) is 3.69. The van der Waals surface area contributed by atoms with Crippen LogP contribution in [0.5, 0.6) is 0 Å². The van der Waals surface area contributed by atoms with Crippen molar-refractivity contribution in [1.82, 2.24) is 10.1 Å². The lowest BCUT2D eigenvalue weighted by Crippen LogP contribution is -2.13. The second-order valence-electron chi connectivity index (χ2n) is 3.53. The quantitative estimate of drug-likeness (QED) is 0.791. The molecule has 6 nitrogen and oxygen atoms in total. The third-order valence-corrected chi connectivity index (χ3v) is 2.16. The average Bonchev–Trinajstić information content (AvgIpc) is 2.86. The number of benzene rings is 1. The number of amides is 1. The van der Waals surface area contributed by atoms with E-state index < -0.39 is 11.7 Å². The van der Waals surface area contributed by atoms with Gasteiger partial charge in [-0.05, 0) is 0 Å². The topological polar surface area (TPSA) is 99.1 Å². The maximum atomic E-state index is 11.5. The van der Waals surface area contributed by atoms with Crippen molar-refractivity contribution in [3.8, 4) is 11.4 Å². The van der Waals surface area contributed by atoms with E-state index in [-0.39, 0.29) is 12.3 Å². The van der Waals surface area contributed by atoms with Crippen LogP contribution in [0, 0.1) is 6.42 Å². The van der Waals surface area contributed by atoms with E-state index in [0.29, 0.717) is 5.82 Å². The maximum Gasteiger partial charge on any atom is 0.294 e. The van der Waals surface area contributed by atoms with Crippen LogP contribution in [0.1, 0.15) is 17.1 Å². The summed E-state index contributed by atoms with van der Waals surface area (Å²) in [5.41, 5.74) is 5.67. The summed E-state index contributed by atoms with van der Waals surface area (Å²) in [7, 11) is 0. The molecule has 2 rings (SSSR count). The molecule has 1 radical (unpaired) electrons. The minimum atomic E-state index is -0.592. The normalized spacial score (nSPS) is 10.2. The van der Waals surface area contributed by atoms with Crippen LogP contribution in [0.2, 0.25) is 0 Å². The number of carbonyl (C=O) groups excluding carboxylic acids is 2. The fourth-order valence-electron chi connectivity index (χ4n) is 1.31. The van der Waals surface area contributed by atoms with Crippen molar-refractivity contribution in [2.45, 2.75) is 6.42 Å². The number of aromatic nitrogens is 2. The van der Waals surface area contributed by atoms with E-state index in [4.69, 9.17) is 10.3 Å². The van der Waals surface area contributed by atoms with Gasteiger partial charge in [-0.25, -0.2) is 0 Å². The fraction of sp³-hybridized carbons (Fsp3) is 0.0833. The number of nitrogens with zero attached hydrogens (tertiary/aromatic N) is 2. The molecule has 0 saturated heterocycles. The van der Waals surface area contributed by atoms with Gasteiger partial charge in [-0.1, -0.05) is 35.5 Å². The summed E-state index contributed by atoms with van der Waals surface area (Å²) in [6.07, 6.45) is 0.965. The lowest BCUT2D eigenvalue weighted by atomic mass is 10.2. The Morgan fingerprint density at radius 2 is 2.00 bits per heavy atom. The first-order valence-electron chi connectivity index (χ1n) is 5.22. The highest BCUT2D eigenvalue weighted by Crippen LogP contribution is 2.15. The Morgan fingerprint density at radius 1 is 1.28 bits per heavy atom. The predicted molar refractivity (Wildman–Crippen MR) is 62.2 cm³/mol. The summed E-state index contributed by atoms with van der Waals surface area (Å²) in [6, 6.07) is 9.10. The van der Waals surface area contributed by atoms with Crippen LogP contribution < -0.4 is 5.73 Å². The van der Waals surface area contributed by atoms with Gasteiger partial charge in [-0.15, -0.1) is 0 Å². The molecule has 0 aliphatic heterocycles. The standard InChI is InChI=1S/C12H10N3O3/c13-10(17)7-6-9(16)12-14-11(15-18-12)8-4-2-1-3-5-8/h1-6H,7H2,(H2,13,17). The van der Waals surface area contributed by atoms with Crippen LogP contribution in [0.3, 0.4) is 0 Å². The average molecular weight is 244 g/mol. The highest BCUT2D eigenvalue weighted by Gasteiger charge is 2.16. The van der Waals surface area contributed by atoms with E-state index >= 15 is 0 Å². The molecular weight excluding hydrogens is 234 g/mol. The fourth-order valence-corrected chi connectivity index (χ4v) is 1.31. The molecule has 91 valence electrons. The first kappa shape index (κ1) is 12.0. The molecule has 0 saturated carbocycles. The van der Waals surface area contributed by atoms with Crippen molar-refractivity contribution in [3.05, 3.63) is 42.6 Å². The molecular formula is C12H10N3O3. The van der Waals surface area contributed by atoms with Gasteiger partial charge < -0.3 is 10.3 Å². The Kier molecular flexibility index (Phi) is 3.47. The van der Waals surface area contributed by atoms with Crippen LogP contribution >= 0.6 is 0 Å². The molecule has 1 heterocycles. The number of nitrogens with two attached hydrogens (primary N) is 1. The summed E-state index contributed by atoms with van der Waals surface area (Å²) in [4.78, 5) is 26.0. The van der Waals surface area contributed by atoms with Gasteiger partial charge in [0.1, 0.15) is 0 Å². The second-order valence-corrected chi connectivity index (χ2v) is 3.53. The maximum absolute atomic E-state index is 11.5. The number of Topliss-reactive ketones (excluding diaryl/α,β-unsaturated/α-hetero) is 1. The zero-order valence-corrected chi connectivity index (χ0v) is 9.37. The van der Waals surface area contributed by atoms with Crippen LogP contribution in [-0.4, -0.2) is 21.8 Å². The van der Waals surface area contributed by atoms with E-state index in [0.717, 1.165) is 12.0 Å². The molecule has 0 spiro atoms. The van der Waals surface area contributed by atoms with Gasteiger partial charge in [0.15, 0.2) is 0 Å². The molecule has 0 aliphatic carbocycles.